The van der Waals surface area contributed by atoms with Crippen LogP contribution in [-0.4, -0.2) is 37.1 Å². The fourth-order valence-corrected chi connectivity index (χ4v) is 2.48. The lowest BCUT2D eigenvalue weighted by Gasteiger charge is -2.45. The summed E-state index contributed by atoms with van der Waals surface area (Å²) in [7, 11) is 2.26. The van der Waals surface area contributed by atoms with Crippen molar-refractivity contribution in [2.75, 3.05) is 20.1 Å². The van der Waals surface area contributed by atoms with Crippen LogP contribution in [0.25, 0.3) is 0 Å². The molecule has 0 bridgehead atoms. The largest absolute Gasteiger partial charge is 0.313 e. The molecule has 1 heterocycles. The Morgan fingerprint density at radius 1 is 1.43 bits per heavy atom. The molecule has 0 saturated carbocycles. The lowest BCUT2D eigenvalue weighted by molar-refractivity contribution is 0.0570. The van der Waals surface area contributed by atoms with E-state index in [0.717, 1.165) is 6.54 Å². The summed E-state index contributed by atoms with van der Waals surface area (Å²) in [5.41, 5.74) is 0.467. The topological polar surface area (TPSA) is 15.3 Å². The lowest BCUT2D eigenvalue weighted by Crippen LogP contribution is -2.53. The van der Waals surface area contributed by atoms with Crippen molar-refractivity contribution in [1.29, 1.82) is 0 Å². The van der Waals surface area contributed by atoms with Crippen LogP contribution in [0.5, 0.6) is 0 Å². The summed E-state index contributed by atoms with van der Waals surface area (Å²) < 4.78 is 0. The number of hydrogen-bond donors (Lipinski definition) is 1. The van der Waals surface area contributed by atoms with Crippen molar-refractivity contribution in [2.45, 2.75) is 52.6 Å². The monoisotopic (exact) mass is 198 g/mol. The second kappa shape index (κ2) is 4.63. The molecule has 1 aliphatic rings. The molecule has 0 aromatic rings. The molecule has 1 rings (SSSR count). The van der Waals surface area contributed by atoms with E-state index in [1.807, 2.05) is 0 Å². The second-order valence-corrected chi connectivity index (χ2v) is 5.65. The van der Waals surface area contributed by atoms with E-state index in [4.69, 9.17) is 0 Å². The standard InChI is InChI=1S/C12H26N2/c1-10(2)13-9-11-12(3,4)7-6-8-14(11)5/h10-11,13H,6-9H2,1-5H3. The molecular formula is C12H26N2. The molecule has 2 nitrogen and oxygen atoms in total. The van der Waals surface area contributed by atoms with Crippen LogP contribution in [-0.2, 0) is 0 Å². The van der Waals surface area contributed by atoms with Gasteiger partial charge in [-0.05, 0) is 31.8 Å². The van der Waals surface area contributed by atoms with Gasteiger partial charge in [0, 0.05) is 18.6 Å². The van der Waals surface area contributed by atoms with Gasteiger partial charge in [-0.3, -0.25) is 0 Å². The van der Waals surface area contributed by atoms with Gasteiger partial charge in [0.05, 0.1) is 0 Å². The molecule has 1 atom stereocenters. The number of likely N-dealkylation sites (N-methyl/N-ethyl adjacent to an activating group) is 1. The summed E-state index contributed by atoms with van der Waals surface area (Å²) >= 11 is 0. The third-order valence-electron chi connectivity index (χ3n) is 3.49. The molecule has 0 aliphatic carbocycles. The Morgan fingerprint density at radius 2 is 2.07 bits per heavy atom. The first-order valence-corrected chi connectivity index (χ1v) is 5.87. The van der Waals surface area contributed by atoms with Crippen molar-refractivity contribution in [2.24, 2.45) is 5.41 Å². The summed E-state index contributed by atoms with van der Waals surface area (Å²) in [5.74, 6) is 0. The van der Waals surface area contributed by atoms with Crippen molar-refractivity contribution >= 4 is 0 Å². The van der Waals surface area contributed by atoms with E-state index in [0.29, 0.717) is 17.5 Å². The van der Waals surface area contributed by atoms with Gasteiger partial charge in [0.2, 0.25) is 0 Å². The Hall–Kier alpha value is -0.0800. The quantitative estimate of drug-likeness (QED) is 0.747. The predicted molar refractivity (Wildman–Crippen MR) is 62.6 cm³/mol. The molecule has 1 saturated heterocycles. The van der Waals surface area contributed by atoms with E-state index < -0.39 is 0 Å². The smallest absolute Gasteiger partial charge is 0.0268 e. The summed E-state index contributed by atoms with van der Waals surface area (Å²) in [5, 5.41) is 3.56. The highest BCUT2D eigenvalue weighted by molar-refractivity contribution is 4.90. The van der Waals surface area contributed by atoms with Gasteiger partial charge in [0.1, 0.15) is 0 Å². The molecule has 0 aromatic heterocycles. The number of nitrogens with one attached hydrogen (secondary N) is 1. The van der Waals surface area contributed by atoms with E-state index in [9.17, 15) is 0 Å². The average Bonchev–Trinajstić information content (AvgIpc) is 2.01. The Labute approximate surface area is 89.1 Å². The zero-order chi connectivity index (χ0) is 10.8. The Kier molecular flexibility index (Phi) is 3.96. The van der Waals surface area contributed by atoms with Crippen LogP contribution >= 0.6 is 0 Å². The fourth-order valence-electron chi connectivity index (χ4n) is 2.48. The molecule has 1 unspecified atom stereocenters. The number of piperidine rings is 1. The summed E-state index contributed by atoms with van der Waals surface area (Å²) in [4.78, 5) is 2.51. The Bertz CT molecular complexity index is 175. The van der Waals surface area contributed by atoms with Gasteiger partial charge >= 0.3 is 0 Å². The number of rotatable bonds is 3. The number of nitrogens with zero attached hydrogens (tertiary/aromatic N) is 1. The molecule has 0 amide bonds. The maximum absolute atomic E-state index is 3.56. The van der Waals surface area contributed by atoms with E-state index in [-0.39, 0.29) is 0 Å². The van der Waals surface area contributed by atoms with Crippen LogP contribution < -0.4 is 5.32 Å². The fraction of sp³-hybridized carbons (Fsp3) is 1.00. The number of likely N-dealkylation sites (tertiary alicyclic amines) is 1. The molecule has 14 heavy (non-hydrogen) atoms. The number of hydrogen-bond acceptors (Lipinski definition) is 2. The summed E-state index contributed by atoms with van der Waals surface area (Å²) in [6.07, 6.45) is 2.71. The summed E-state index contributed by atoms with van der Waals surface area (Å²) in [6, 6.07) is 1.29. The molecular weight excluding hydrogens is 172 g/mol. The van der Waals surface area contributed by atoms with Crippen molar-refractivity contribution < 1.29 is 0 Å². The molecule has 0 radical (unpaired) electrons. The van der Waals surface area contributed by atoms with E-state index in [1.54, 1.807) is 0 Å². The highest BCUT2D eigenvalue weighted by atomic mass is 15.2. The zero-order valence-corrected chi connectivity index (χ0v) is 10.4. The van der Waals surface area contributed by atoms with Crippen molar-refractivity contribution in [3.63, 3.8) is 0 Å². The highest BCUT2D eigenvalue weighted by Crippen LogP contribution is 2.33. The molecule has 84 valence electrons. The van der Waals surface area contributed by atoms with Gasteiger partial charge in [0.15, 0.2) is 0 Å². The third-order valence-corrected chi connectivity index (χ3v) is 3.49. The van der Waals surface area contributed by atoms with Crippen molar-refractivity contribution in [3.8, 4) is 0 Å². The van der Waals surface area contributed by atoms with Gasteiger partial charge in [-0.2, -0.15) is 0 Å². The van der Waals surface area contributed by atoms with Crippen LogP contribution in [0.15, 0.2) is 0 Å². The zero-order valence-electron chi connectivity index (χ0n) is 10.4. The molecule has 0 aromatic carbocycles. The lowest BCUT2D eigenvalue weighted by atomic mass is 9.76. The highest BCUT2D eigenvalue weighted by Gasteiger charge is 2.35. The molecule has 1 N–H and O–H groups in total. The average molecular weight is 198 g/mol. The van der Waals surface area contributed by atoms with Gasteiger partial charge in [-0.25, -0.2) is 0 Å². The minimum atomic E-state index is 0.467. The molecule has 1 aliphatic heterocycles. The van der Waals surface area contributed by atoms with Gasteiger partial charge in [-0.1, -0.05) is 27.7 Å². The van der Waals surface area contributed by atoms with E-state index in [1.165, 1.54) is 19.4 Å². The molecule has 0 spiro atoms. The second-order valence-electron chi connectivity index (χ2n) is 5.65. The van der Waals surface area contributed by atoms with Gasteiger partial charge in [-0.15, -0.1) is 0 Å². The minimum absolute atomic E-state index is 0.467. The van der Waals surface area contributed by atoms with Gasteiger partial charge < -0.3 is 10.2 Å². The Morgan fingerprint density at radius 3 is 2.57 bits per heavy atom. The SMILES string of the molecule is CC(C)NCC1N(C)CCCC1(C)C. The molecule has 1 fully saturated rings. The maximum Gasteiger partial charge on any atom is 0.0268 e. The van der Waals surface area contributed by atoms with Crippen molar-refractivity contribution in [3.05, 3.63) is 0 Å². The maximum atomic E-state index is 3.56. The summed E-state index contributed by atoms with van der Waals surface area (Å²) in [6.45, 7) is 11.6. The third kappa shape index (κ3) is 2.96. The van der Waals surface area contributed by atoms with E-state index in [2.05, 4.69) is 45.0 Å². The van der Waals surface area contributed by atoms with Crippen molar-refractivity contribution in [1.82, 2.24) is 10.2 Å². The van der Waals surface area contributed by atoms with Crippen LogP contribution in [0.2, 0.25) is 0 Å². The first-order chi connectivity index (χ1) is 6.43. The van der Waals surface area contributed by atoms with Crippen LogP contribution in [0, 0.1) is 5.41 Å². The first kappa shape index (κ1) is 12.0. The van der Waals surface area contributed by atoms with E-state index >= 15 is 0 Å². The normalized spacial score (nSPS) is 28.3. The molecule has 2 heteroatoms. The minimum Gasteiger partial charge on any atom is -0.313 e. The van der Waals surface area contributed by atoms with Crippen LogP contribution in [0.3, 0.4) is 0 Å². The Balaban J connectivity index is 2.52. The predicted octanol–water partition coefficient (Wildman–Crippen LogP) is 2.10. The van der Waals surface area contributed by atoms with Gasteiger partial charge in [0.25, 0.3) is 0 Å². The first-order valence-electron chi connectivity index (χ1n) is 5.87. The van der Waals surface area contributed by atoms with Crippen LogP contribution in [0.1, 0.15) is 40.5 Å². The van der Waals surface area contributed by atoms with Crippen LogP contribution in [0.4, 0.5) is 0 Å².